The number of sulfone groups is 1. The van der Waals surface area contributed by atoms with Crippen LogP contribution in [0.2, 0.25) is 0 Å². The maximum atomic E-state index is 11.4. The summed E-state index contributed by atoms with van der Waals surface area (Å²) in [7, 11) is -3.18. The van der Waals surface area contributed by atoms with Gasteiger partial charge in [-0.2, -0.15) is 0 Å². The van der Waals surface area contributed by atoms with Gasteiger partial charge in [0.25, 0.3) is 0 Å². The normalized spacial score (nSPS) is 11.8. The van der Waals surface area contributed by atoms with E-state index in [4.69, 9.17) is 0 Å². The molecule has 0 saturated carbocycles. The van der Waals surface area contributed by atoms with E-state index < -0.39 is 14.6 Å². The van der Waals surface area contributed by atoms with Crippen molar-refractivity contribution in [3.8, 4) is 11.8 Å². The highest BCUT2D eigenvalue weighted by molar-refractivity contribution is 7.92. The Hall–Kier alpha value is -1.34. The van der Waals surface area contributed by atoms with E-state index in [0.717, 1.165) is 5.56 Å². The zero-order valence-corrected chi connectivity index (χ0v) is 10.7. The van der Waals surface area contributed by atoms with Gasteiger partial charge in [0.2, 0.25) is 0 Å². The molecular weight excluding hydrogens is 222 g/mol. The van der Waals surface area contributed by atoms with Crippen LogP contribution in [-0.2, 0) is 9.84 Å². The van der Waals surface area contributed by atoms with Crippen LogP contribution in [0, 0.1) is 18.8 Å². The summed E-state index contributed by atoms with van der Waals surface area (Å²) in [5.74, 6) is 5.51. The monoisotopic (exact) mass is 237 g/mol. The molecule has 0 aliphatic rings. The van der Waals surface area contributed by atoms with E-state index in [-0.39, 0.29) is 0 Å². The van der Waals surface area contributed by atoms with Crippen LogP contribution < -0.4 is 0 Å². The molecular formula is C12H15NO2S. The van der Waals surface area contributed by atoms with Gasteiger partial charge in [-0.15, -0.1) is 0 Å². The Morgan fingerprint density at radius 2 is 1.94 bits per heavy atom. The Kier molecular flexibility index (Phi) is 3.39. The van der Waals surface area contributed by atoms with Crippen LogP contribution in [0.1, 0.15) is 25.1 Å². The Bertz CT molecular complexity index is 531. The second kappa shape index (κ2) is 4.26. The van der Waals surface area contributed by atoms with Crippen LogP contribution in [0.15, 0.2) is 18.3 Å². The summed E-state index contributed by atoms with van der Waals surface area (Å²) in [5.41, 5.74) is 1.63. The van der Waals surface area contributed by atoms with Crippen molar-refractivity contribution in [1.29, 1.82) is 0 Å². The molecule has 0 radical (unpaired) electrons. The lowest BCUT2D eigenvalue weighted by Gasteiger charge is -2.13. The molecule has 86 valence electrons. The molecule has 1 aromatic rings. The molecule has 0 spiro atoms. The number of rotatable bonds is 1. The van der Waals surface area contributed by atoms with Gasteiger partial charge in [-0.05, 0) is 38.3 Å². The molecule has 1 rings (SSSR count). The van der Waals surface area contributed by atoms with Gasteiger partial charge >= 0.3 is 0 Å². The van der Waals surface area contributed by atoms with Gasteiger partial charge in [-0.25, -0.2) is 13.4 Å². The van der Waals surface area contributed by atoms with Crippen LogP contribution >= 0.6 is 0 Å². The summed E-state index contributed by atoms with van der Waals surface area (Å²) < 4.78 is 21.8. The molecule has 1 aromatic heterocycles. The molecule has 0 aromatic carbocycles. The minimum Gasteiger partial charge on any atom is -0.248 e. The van der Waals surface area contributed by atoms with Crippen molar-refractivity contribution in [3.63, 3.8) is 0 Å². The topological polar surface area (TPSA) is 47.0 Å². The summed E-state index contributed by atoms with van der Waals surface area (Å²) in [4.78, 5) is 4.09. The van der Waals surface area contributed by atoms with Crippen LogP contribution in [0.25, 0.3) is 0 Å². The van der Waals surface area contributed by atoms with E-state index >= 15 is 0 Å². The maximum absolute atomic E-state index is 11.4. The van der Waals surface area contributed by atoms with Gasteiger partial charge in [-0.3, -0.25) is 0 Å². The Morgan fingerprint density at radius 3 is 2.38 bits per heavy atom. The summed E-state index contributed by atoms with van der Waals surface area (Å²) in [5, 5.41) is 0. The second-order valence-corrected chi connectivity index (χ2v) is 6.82. The zero-order chi connectivity index (χ0) is 12.4. The predicted octanol–water partition coefficient (Wildman–Crippen LogP) is 1.56. The van der Waals surface area contributed by atoms with Crippen LogP contribution in [0.4, 0.5) is 0 Å². The molecule has 0 amide bonds. The lowest BCUT2D eigenvalue weighted by atomic mass is 10.2. The third-order valence-electron chi connectivity index (χ3n) is 2.33. The first-order valence-electron chi connectivity index (χ1n) is 4.88. The van der Waals surface area contributed by atoms with Gasteiger partial charge in [0.15, 0.2) is 9.84 Å². The number of aromatic nitrogens is 1. The summed E-state index contributed by atoms with van der Waals surface area (Å²) >= 11 is 0. The average molecular weight is 237 g/mol. The van der Waals surface area contributed by atoms with E-state index in [1.807, 2.05) is 13.0 Å². The molecule has 0 unspecified atom stereocenters. The van der Waals surface area contributed by atoms with E-state index in [9.17, 15) is 8.42 Å². The molecule has 0 bridgehead atoms. The van der Waals surface area contributed by atoms with Gasteiger partial charge in [0.1, 0.15) is 10.4 Å². The fourth-order valence-corrected chi connectivity index (χ4v) is 1.09. The average Bonchev–Trinajstić information content (AvgIpc) is 2.15. The van der Waals surface area contributed by atoms with E-state index in [0.29, 0.717) is 5.69 Å². The van der Waals surface area contributed by atoms with Gasteiger partial charge in [0, 0.05) is 12.5 Å². The van der Waals surface area contributed by atoms with E-state index in [1.165, 1.54) is 6.26 Å². The third kappa shape index (κ3) is 3.07. The number of hydrogen-bond donors (Lipinski definition) is 0. The minimum atomic E-state index is -3.18. The fourth-order valence-electron chi connectivity index (χ4n) is 0.849. The number of pyridine rings is 1. The molecule has 0 aliphatic carbocycles. The van der Waals surface area contributed by atoms with Crippen molar-refractivity contribution in [2.24, 2.45) is 0 Å². The molecule has 0 aliphatic heterocycles. The van der Waals surface area contributed by atoms with Crippen molar-refractivity contribution in [3.05, 3.63) is 29.6 Å². The van der Waals surface area contributed by atoms with Gasteiger partial charge in [0.05, 0.1) is 0 Å². The molecule has 0 N–H and O–H groups in total. The highest BCUT2D eigenvalue weighted by Gasteiger charge is 2.27. The smallest absolute Gasteiger partial charge is 0.163 e. The van der Waals surface area contributed by atoms with Crippen molar-refractivity contribution >= 4 is 9.84 Å². The number of nitrogens with zero attached hydrogens (tertiary/aromatic N) is 1. The molecule has 1 heterocycles. The van der Waals surface area contributed by atoms with Gasteiger partial charge in [-0.1, -0.05) is 12.0 Å². The van der Waals surface area contributed by atoms with Crippen LogP contribution in [0.3, 0.4) is 0 Å². The fraction of sp³-hybridized carbons (Fsp3) is 0.417. The van der Waals surface area contributed by atoms with Crippen molar-refractivity contribution < 1.29 is 8.42 Å². The zero-order valence-electron chi connectivity index (χ0n) is 9.90. The Morgan fingerprint density at radius 1 is 1.31 bits per heavy atom. The molecule has 0 fully saturated rings. The molecule has 4 heteroatoms. The summed E-state index contributed by atoms with van der Waals surface area (Å²) in [6.45, 7) is 5.11. The van der Waals surface area contributed by atoms with Crippen LogP contribution in [-0.4, -0.2) is 24.4 Å². The number of hydrogen-bond acceptors (Lipinski definition) is 3. The molecule has 0 saturated heterocycles. The second-order valence-electron chi connectivity index (χ2n) is 4.25. The lowest BCUT2D eigenvalue weighted by molar-refractivity contribution is 0.581. The standard InChI is InChI=1S/C12H15NO2S/c1-10-5-6-11(13-9-10)7-8-12(2,3)16(4,14)15/h5-6,9H,1-4H3. The highest BCUT2D eigenvalue weighted by Crippen LogP contribution is 2.13. The molecule has 0 atom stereocenters. The number of aryl methyl sites for hydroxylation is 1. The molecule has 16 heavy (non-hydrogen) atoms. The van der Waals surface area contributed by atoms with Crippen LogP contribution in [0.5, 0.6) is 0 Å². The third-order valence-corrected chi connectivity index (χ3v) is 4.29. The van der Waals surface area contributed by atoms with Crippen molar-refractivity contribution in [2.45, 2.75) is 25.5 Å². The highest BCUT2D eigenvalue weighted by atomic mass is 32.2. The first kappa shape index (κ1) is 12.7. The summed E-state index contributed by atoms with van der Waals surface area (Å²) in [6.07, 6.45) is 2.89. The van der Waals surface area contributed by atoms with Crippen molar-refractivity contribution in [2.75, 3.05) is 6.26 Å². The largest absolute Gasteiger partial charge is 0.248 e. The SMILES string of the molecule is Cc1ccc(C#CC(C)(C)S(C)(=O)=O)nc1. The van der Waals surface area contributed by atoms with E-state index in [2.05, 4.69) is 16.8 Å². The maximum Gasteiger partial charge on any atom is 0.163 e. The molecule has 3 nitrogen and oxygen atoms in total. The lowest BCUT2D eigenvalue weighted by Crippen LogP contribution is -2.28. The van der Waals surface area contributed by atoms with Gasteiger partial charge < -0.3 is 0 Å². The first-order chi connectivity index (χ1) is 7.22. The first-order valence-corrected chi connectivity index (χ1v) is 6.77. The quantitative estimate of drug-likeness (QED) is 0.696. The van der Waals surface area contributed by atoms with E-state index in [1.54, 1.807) is 26.1 Å². The summed E-state index contributed by atoms with van der Waals surface area (Å²) in [6, 6.07) is 3.67. The van der Waals surface area contributed by atoms with Crippen molar-refractivity contribution in [1.82, 2.24) is 4.98 Å². The Balaban J connectivity index is 3.03. The predicted molar refractivity (Wildman–Crippen MR) is 64.8 cm³/mol. The minimum absolute atomic E-state index is 0.585. The Labute approximate surface area is 96.8 Å².